The number of nitrogens with two attached hydrogens (primary N) is 1. The second-order valence-electron chi connectivity index (χ2n) is 2.46. The molecule has 0 amide bonds. The lowest BCUT2D eigenvalue weighted by Gasteiger charge is -2.11. The zero-order chi connectivity index (χ0) is 6.53. The van der Waals surface area contributed by atoms with Crippen LogP contribution in [0, 0.1) is 0 Å². The lowest BCUT2D eigenvalue weighted by molar-refractivity contribution is 0.573. The molecule has 0 aromatic carbocycles. The first-order chi connectivity index (χ1) is 4.39. The minimum Gasteiger partial charge on any atom is -0.326 e. The van der Waals surface area contributed by atoms with Crippen molar-refractivity contribution in [1.82, 2.24) is 5.32 Å². The molecule has 52 valence electrons. The van der Waals surface area contributed by atoms with Gasteiger partial charge in [-0.15, -0.1) is 0 Å². The molecule has 0 saturated carbocycles. The van der Waals surface area contributed by atoms with E-state index in [1.807, 2.05) is 0 Å². The van der Waals surface area contributed by atoms with Crippen molar-refractivity contribution >= 4 is 0 Å². The second kappa shape index (κ2) is 3.64. The van der Waals surface area contributed by atoms with Crippen LogP contribution < -0.4 is 11.1 Å². The molecule has 3 N–H and O–H groups in total. The van der Waals surface area contributed by atoms with Crippen LogP contribution >= 0.6 is 0 Å². The highest BCUT2D eigenvalue weighted by Gasteiger charge is 1.99. The molecule has 0 radical (unpaired) electrons. The van der Waals surface area contributed by atoms with E-state index in [0.29, 0.717) is 6.04 Å². The Hall–Kier alpha value is -0.340. The predicted molar refractivity (Wildman–Crippen MR) is 39.2 cm³/mol. The van der Waals surface area contributed by atoms with Crippen LogP contribution in [0.5, 0.6) is 0 Å². The molecule has 0 aromatic heterocycles. The summed E-state index contributed by atoms with van der Waals surface area (Å²) in [6.45, 7) is 2.04. The molecule has 2 heteroatoms. The van der Waals surface area contributed by atoms with Gasteiger partial charge in [0.25, 0.3) is 0 Å². The molecule has 0 spiro atoms. The van der Waals surface area contributed by atoms with Crippen molar-refractivity contribution < 1.29 is 0 Å². The fraction of sp³-hybridized carbons (Fsp3) is 0.714. The summed E-state index contributed by atoms with van der Waals surface area (Å²) in [5, 5.41) is 3.26. The fourth-order valence-electron chi connectivity index (χ4n) is 0.945. The molecule has 1 atom stereocenters. The maximum absolute atomic E-state index is 5.69. The van der Waals surface area contributed by atoms with Crippen molar-refractivity contribution in [3.63, 3.8) is 0 Å². The Bertz CT molecular complexity index is 99.1. The van der Waals surface area contributed by atoms with E-state index in [1.54, 1.807) is 0 Å². The molecule has 0 unspecified atom stereocenters. The van der Waals surface area contributed by atoms with Crippen LogP contribution in [0.2, 0.25) is 0 Å². The van der Waals surface area contributed by atoms with Crippen molar-refractivity contribution in [3.05, 3.63) is 12.2 Å². The Kier molecular flexibility index (Phi) is 2.74. The summed E-state index contributed by atoms with van der Waals surface area (Å²) >= 11 is 0. The molecule has 0 aliphatic carbocycles. The van der Waals surface area contributed by atoms with E-state index < -0.39 is 0 Å². The standard InChI is InChI=1S/C7H14N2/c8-7-4-2-1-3-5-9-6-7/h1-2,7,9H,3-6,8H2/b2-1-/t7-/m1/s1. The smallest absolute Gasteiger partial charge is 0.0200 e. The number of rotatable bonds is 0. The highest BCUT2D eigenvalue weighted by atomic mass is 14.9. The van der Waals surface area contributed by atoms with Gasteiger partial charge in [-0.25, -0.2) is 0 Å². The molecule has 1 aliphatic rings. The predicted octanol–water partition coefficient (Wildman–Crippen LogP) is 0.253. The molecule has 2 nitrogen and oxygen atoms in total. The van der Waals surface area contributed by atoms with Gasteiger partial charge in [0.05, 0.1) is 0 Å². The summed E-state index contributed by atoms with van der Waals surface area (Å²) < 4.78 is 0. The monoisotopic (exact) mass is 126 g/mol. The highest BCUT2D eigenvalue weighted by molar-refractivity contribution is 4.88. The van der Waals surface area contributed by atoms with Crippen molar-refractivity contribution in [2.75, 3.05) is 13.1 Å². The Balaban J connectivity index is 2.28. The Morgan fingerprint density at radius 2 is 2.33 bits per heavy atom. The SMILES string of the molecule is N[C@@H]1C/C=C\CCNC1. The van der Waals surface area contributed by atoms with Gasteiger partial charge in [-0.1, -0.05) is 12.2 Å². The Morgan fingerprint density at radius 3 is 3.22 bits per heavy atom. The van der Waals surface area contributed by atoms with Gasteiger partial charge in [0, 0.05) is 12.6 Å². The third-order valence-electron chi connectivity index (χ3n) is 1.50. The lowest BCUT2D eigenvalue weighted by atomic mass is 10.1. The molecular formula is C7H14N2. The van der Waals surface area contributed by atoms with E-state index in [1.165, 1.54) is 0 Å². The van der Waals surface area contributed by atoms with Crippen LogP contribution in [0.4, 0.5) is 0 Å². The number of hydrogen-bond donors (Lipinski definition) is 2. The molecule has 1 rings (SSSR count). The van der Waals surface area contributed by atoms with Gasteiger partial charge < -0.3 is 11.1 Å². The Labute approximate surface area is 56.1 Å². The van der Waals surface area contributed by atoms with Crippen molar-refractivity contribution in [3.8, 4) is 0 Å². The minimum absolute atomic E-state index is 0.321. The van der Waals surface area contributed by atoms with Gasteiger partial charge in [-0.3, -0.25) is 0 Å². The van der Waals surface area contributed by atoms with Crippen LogP contribution in [-0.4, -0.2) is 19.1 Å². The summed E-state index contributed by atoms with van der Waals surface area (Å²) in [4.78, 5) is 0. The molecule has 1 heterocycles. The highest BCUT2D eigenvalue weighted by Crippen LogP contribution is 1.93. The maximum Gasteiger partial charge on any atom is 0.0200 e. The zero-order valence-corrected chi connectivity index (χ0v) is 5.64. The molecule has 0 fully saturated rings. The van der Waals surface area contributed by atoms with Gasteiger partial charge in [-0.05, 0) is 19.4 Å². The molecule has 1 aliphatic heterocycles. The molecule has 0 bridgehead atoms. The zero-order valence-electron chi connectivity index (χ0n) is 5.64. The van der Waals surface area contributed by atoms with Gasteiger partial charge in [0.15, 0.2) is 0 Å². The quantitative estimate of drug-likeness (QED) is 0.457. The summed E-state index contributed by atoms with van der Waals surface area (Å²) in [7, 11) is 0. The topological polar surface area (TPSA) is 38.0 Å². The van der Waals surface area contributed by atoms with E-state index in [-0.39, 0.29) is 0 Å². The average Bonchev–Trinajstić information content (AvgIpc) is 1.79. The van der Waals surface area contributed by atoms with Crippen LogP contribution in [0.25, 0.3) is 0 Å². The van der Waals surface area contributed by atoms with Gasteiger partial charge >= 0.3 is 0 Å². The first-order valence-electron chi connectivity index (χ1n) is 3.51. The van der Waals surface area contributed by atoms with E-state index >= 15 is 0 Å². The van der Waals surface area contributed by atoms with Gasteiger partial charge in [0.1, 0.15) is 0 Å². The average molecular weight is 126 g/mol. The fourth-order valence-corrected chi connectivity index (χ4v) is 0.945. The van der Waals surface area contributed by atoms with Gasteiger partial charge in [0.2, 0.25) is 0 Å². The summed E-state index contributed by atoms with van der Waals surface area (Å²) in [5.41, 5.74) is 5.69. The molecule has 0 aromatic rings. The molecule has 9 heavy (non-hydrogen) atoms. The van der Waals surface area contributed by atoms with Crippen LogP contribution in [0.1, 0.15) is 12.8 Å². The maximum atomic E-state index is 5.69. The van der Waals surface area contributed by atoms with Crippen LogP contribution in [0.3, 0.4) is 0 Å². The first kappa shape index (κ1) is 6.78. The van der Waals surface area contributed by atoms with E-state index in [9.17, 15) is 0 Å². The number of nitrogens with one attached hydrogen (secondary N) is 1. The second-order valence-corrected chi connectivity index (χ2v) is 2.46. The Morgan fingerprint density at radius 1 is 1.44 bits per heavy atom. The first-order valence-corrected chi connectivity index (χ1v) is 3.51. The van der Waals surface area contributed by atoms with Gasteiger partial charge in [-0.2, -0.15) is 0 Å². The van der Waals surface area contributed by atoms with E-state index in [0.717, 1.165) is 25.9 Å². The van der Waals surface area contributed by atoms with Crippen molar-refractivity contribution in [2.24, 2.45) is 5.73 Å². The normalized spacial score (nSPS) is 32.8. The van der Waals surface area contributed by atoms with E-state index in [4.69, 9.17) is 5.73 Å². The van der Waals surface area contributed by atoms with E-state index in [2.05, 4.69) is 17.5 Å². The van der Waals surface area contributed by atoms with Crippen LogP contribution in [0.15, 0.2) is 12.2 Å². The summed E-state index contributed by atoms with van der Waals surface area (Å²) in [6.07, 6.45) is 6.53. The summed E-state index contributed by atoms with van der Waals surface area (Å²) in [6, 6.07) is 0.321. The van der Waals surface area contributed by atoms with Crippen molar-refractivity contribution in [2.45, 2.75) is 18.9 Å². The lowest BCUT2D eigenvalue weighted by Crippen LogP contribution is -2.34. The van der Waals surface area contributed by atoms with Crippen molar-refractivity contribution in [1.29, 1.82) is 0 Å². The molecule has 0 saturated heterocycles. The number of hydrogen-bond acceptors (Lipinski definition) is 2. The largest absolute Gasteiger partial charge is 0.326 e. The third-order valence-corrected chi connectivity index (χ3v) is 1.50. The molecular weight excluding hydrogens is 112 g/mol. The van der Waals surface area contributed by atoms with Crippen LogP contribution in [-0.2, 0) is 0 Å². The minimum atomic E-state index is 0.321. The summed E-state index contributed by atoms with van der Waals surface area (Å²) in [5.74, 6) is 0. The third kappa shape index (κ3) is 2.63.